The van der Waals surface area contributed by atoms with Crippen LogP contribution in [0.2, 0.25) is 0 Å². The first kappa shape index (κ1) is 22.2. The maximum Gasteiger partial charge on any atom is 0.397 e. The van der Waals surface area contributed by atoms with Crippen LogP contribution in [-0.2, 0) is 0 Å². The number of rotatable bonds is 0. The Balaban J connectivity index is 0.000000346. The molecule has 2 aromatic rings. The minimum Gasteiger partial charge on any atom is -0.506 e. The summed E-state index contributed by atoms with van der Waals surface area (Å²) in [6, 6.07) is 13.4. The number of halogens is 6. The molecular formula is C15H16F6N2O2. The summed E-state index contributed by atoms with van der Waals surface area (Å²) >= 11 is 0. The number of para-hydroxylation sites is 4. The molecule has 0 heterocycles. The highest BCUT2D eigenvalue weighted by Gasteiger charge is 2.43. The van der Waals surface area contributed by atoms with Gasteiger partial charge in [-0.1, -0.05) is 24.3 Å². The highest BCUT2D eigenvalue weighted by Crippen LogP contribution is 2.31. The Morgan fingerprint density at radius 1 is 0.640 bits per heavy atom. The molecule has 25 heavy (non-hydrogen) atoms. The third kappa shape index (κ3) is 12.3. The molecule has 0 fully saturated rings. The number of anilines is 2. The van der Waals surface area contributed by atoms with Crippen molar-refractivity contribution in [1.82, 2.24) is 0 Å². The summed E-state index contributed by atoms with van der Waals surface area (Å²) in [6.07, 6.45) is -13.0. The average Bonchev–Trinajstić information content (AvgIpc) is 2.43. The number of hydrogen-bond donors (Lipinski definition) is 4. The molecule has 140 valence electrons. The second-order valence-corrected chi connectivity index (χ2v) is 4.52. The minimum absolute atomic E-state index is 0.146. The van der Waals surface area contributed by atoms with Crippen molar-refractivity contribution in [1.29, 1.82) is 0 Å². The molecule has 0 atom stereocenters. The van der Waals surface area contributed by atoms with Crippen molar-refractivity contribution in [2.75, 3.05) is 11.5 Å². The van der Waals surface area contributed by atoms with Crippen molar-refractivity contribution in [2.45, 2.75) is 18.8 Å². The van der Waals surface area contributed by atoms with Crippen molar-refractivity contribution in [2.24, 2.45) is 0 Å². The second-order valence-electron chi connectivity index (χ2n) is 4.52. The van der Waals surface area contributed by atoms with Crippen LogP contribution in [0.15, 0.2) is 48.5 Å². The molecule has 0 aliphatic heterocycles. The van der Waals surface area contributed by atoms with Gasteiger partial charge in [0.05, 0.1) is 11.4 Å². The van der Waals surface area contributed by atoms with Crippen molar-refractivity contribution in [3.8, 4) is 11.5 Å². The van der Waals surface area contributed by atoms with Gasteiger partial charge in [-0.05, 0) is 24.3 Å². The summed E-state index contributed by atoms with van der Waals surface area (Å²) in [5.41, 5.74) is 11.4. The average molecular weight is 370 g/mol. The molecule has 0 saturated heterocycles. The lowest BCUT2D eigenvalue weighted by molar-refractivity contribution is -0.232. The van der Waals surface area contributed by atoms with Gasteiger partial charge in [0.1, 0.15) is 17.9 Å². The fraction of sp³-hybridized carbons (Fsp3) is 0.200. The first-order valence-corrected chi connectivity index (χ1v) is 6.52. The van der Waals surface area contributed by atoms with E-state index in [1.54, 1.807) is 48.5 Å². The summed E-state index contributed by atoms with van der Waals surface area (Å²) < 4.78 is 65.0. The number of nitrogens with two attached hydrogens (primary N) is 2. The summed E-state index contributed by atoms with van der Waals surface area (Å²) in [4.78, 5) is 0. The Morgan fingerprint density at radius 2 is 0.920 bits per heavy atom. The first-order chi connectivity index (χ1) is 11.3. The molecular weight excluding hydrogens is 354 g/mol. The van der Waals surface area contributed by atoms with Gasteiger partial charge < -0.3 is 21.7 Å². The summed E-state index contributed by atoms with van der Waals surface area (Å²) in [5, 5.41) is 17.6. The van der Waals surface area contributed by atoms with Crippen LogP contribution in [0.5, 0.6) is 11.5 Å². The monoisotopic (exact) mass is 370 g/mol. The lowest BCUT2D eigenvalue weighted by Gasteiger charge is -2.08. The van der Waals surface area contributed by atoms with Crippen molar-refractivity contribution < 1.29 is 36.6 Å². The van der Waals surface area contributed by atoms with E-state index in [2.05, 4.69) is 0 Å². The third-order valence-corrected chi connectivity index (χ3v) is 2.27. The first-order valence-electron chi connectivity index (χ1n) is 6.52. The predicted molar refractivity (Wildman–Crippen MR) is 81.8 cm³/mol. The van der Waals surface area contributed by atoms with Crippen LogP contribution >= 0.6 is 0 Å². The van der Waals surface area contributed by atoms with Crippen LogP contribution in [0.1, 0.15) is 6.42 Å². The molecule has 0 amide bonds. The molecule has 0 spiro atoms. The van der Waals surface area contributed by atoms with E-state index in [1.165, 1.54) is 0 Å². The van der Waals surface area contributed by atoms with E-state index >= 15 is 0 Å². The molecule has 0 bridgehead atoms. The largest absolute Gasteiger partial charge is 0.506 e. The van der Waals surface area contributed by atoms with Gasteiger partial charge in [-0.15, -0.1) is 0 Å². The fourth-order valence-corrected chi connectivity index (χ4v) is 1.20. The topological polar surface area (TPSA) is 92.5 Å². The number of phenolic OH excluding ortho intramolecular Hbond substituents is 2. The van der Waals surface area contributed by atoms with E-state index in [1.807, 2.05) is 0 Å². The number of hydrogen-bond acceptors (Lipinski definition) is 4. The molecule has 2 aromatic carbocycles. The Hall–Kier alpha value is -2.78. The number of benzene rings is 2. The van der Waals surface area contributed by atoms with Crippen LogP contribution in [-0.4, -0.2) is 22.6 Å². The molecule has 0 saturated carbocycles. The van der Waals surface area contributed by atoms with Crippen LogP contribution < -0.4 is 11.5 Å². The summed E-state index contributed by atoms with van der Waals surface area (Å²) in [6.45, 7) is 0. The Kier molecular flexibility index (Phi) is 8.44. The van der Waals surface area contributed by atoms with Gasteiger partial charge in [0.15, 0.2) is 0 Å². The summed E-state index contributed by atoms with van der Waals surface area (Å²) in [7, 11) is 0. The highest BCUT2D eigenvalue weighted by molar-refractivity contribution is 5.51. The Labute approximate surface area is 139 Å². The van der Waals surface area contributed by atoms with Gasteiger partial charge in [0, 0.05) is 0 Å². The predicted octanol–water partition coefficient (Wildman–Crippen LogP) is 4.45. The van der Waals surface area contributed by atoms with E-state index < -0.39 is 18.8 Å². The number of nitrogen functional groups attached to an aromatic ring is 2. The number of phenols is 2. The lowest BCUT2D eigenvalue weighted by Crippen LogP contribution is -2.20. The van der Waals surface area contributed by atoms with E-state index in [0.29, 0.717) is 11.4 Å². The molecule has 0 aliphatic rings. The summed E-state index contributed by atoms with van der Waals surface area (Å²) in [5.74, 6) is 0.292. The van der Waals surface area contributed by atoms with Crippen LogP contribution in [0, 0.1) is 0 Å². The van der Waals surface area contributed by atoms with Gasteiger partial charge in [-0.25, -0.2) is 0 Å². The zero-order valence-electron chi connectivity index (χ0n) is 12.6. The second kappa shape index (κ2) is 9.50. The van der Waals surface area contributed by atoms with Gasteiger partial charge in [-0.3, -0.25) is 0 Å². The fourth-order valence-electron chi connectivity index (χ4n) is 1.20. The molecule has 0 unspecified atom stereocenters. The van der Waals surface area contributed by atoms with Gasteiger partial charge in [-0.2, -0.15) is 26.3 Å². The third-order valence-electron chi connectivity index (χ3n) is 2.27. The maximum atomic E-state index is 10.8. The molecule has 10 heteroatoms. The van der Waals surface area contributed by atoms with Gasteiger partial charge in [0.25, 0.3) is 0 Å². The van der Waals surface area contributed by atoms with Crippen molar-refractivity contribution in [3.05, 3.63) is 48.5 Å². The van der Waals surface area contributed by atoms with Crippen LogP contribution in [0.25, 0.3) is 0 Å². The molecule has 4 nitrogen and oxygen atoms in total. The standard InChI is InChI=1S/2C6H7NO.C3H2F6/c2*7-5-3-1-2-4-6(5)8;4-2(5,6)1-3(7,8)9/h2*1-4,8H,7H2;1H2. The van der Waals surface area contributed by atoms with Crippen molar-refractivity contribution in [3.63, 3.8) is 0 Å². The van der Waals surface area contributed by atoms with Crippen LogP contribution in [0.3, 0.4) is 0 Å². The van der Waals surface area contributed by atoms with E-state index in [4.69, 9.17) is 21.7 Å². The molecule has 6 N–H and O–H groups in total. The van der Waals surface area contributed by atoms with E-state index in [9.17, 15) is 26.3 Å². The Morgan fingerprint density at radius 3 is 1.04 bits per heavy atom. The highest BCUT2D eigenvalue weighted by atomic mass is 19.4. The smallest absolute Gasteiger partial charge is 0.397 e. The minimum atomic E-state index is -5.14. The molecule has 0 radical (unpaired) electrons. The van der Waals surface area contributed by atoms with Gasteiger partial charge in [0.2, 0.25) is 0 Å². The number of aromatic hydroxyl groups is 2. The number of alkyl halides is 6. The van der Waals surface area contributed by atoms with Crippen LogP contribution in [0.4, 0.5) is 37.7 Å². The quantitative estimate of drug-likeness (QED) is 0.313. The zero-order valence-corrected chi connectivity index (χ0v) is 12.6. The van der Waals surface area contributed by atoms with Gasteiger partial charge >= 0.3 is 12.4 Å². The zero-order chi connectivity index (χ0) is 19.7. The molecule has 2 rings (SSSR count). The maximum absolute atomic E-state index is 10.8. The lowest BCUT2D eigenvalue weighted by atomic mass is 10.3. The SMILES string of the molecule is FC(F)(F)CC(F)(F)F.Nc1ccccc1O.Nc1ccccc1O. The molecule has 0 aromatic heterocycles. The van der Waals surface area contributed by atoms with E-state index in [0.717, 1.165) is 0 Å². The Bertz CT molecular complexity index is 547. The van der Waals surface area contributed by atoms with E-state index in [-0.39, 0.29) is 11.5 Å². The normalized spacial score (nSPS) is 10.8. The van der Waals surface area contributed by atoms with Crippen molar-refractivity contribution >= 4 is 11.4 Å². The molecule has 0 aliphatic carbocycles.